The SMILES string of the molecule is CN=C(NCCC(C)c1ccc(OC)cc1)NCc1ncc(C)s1.I. The molecule has 0 radical (unpaired) electrons. The maximum absolute atomic E-state index is 5.20. The molecule has 1 unspecified atom stereocenters. The quantitative estimate of drug-likeness (QED) is 0.363. The fourth-order valence-electron chi connectivity index (χ4n) is 2.37. The Morgan fingerprint density at radius 1 is 1.28 bits per heavy atom. The number of thiazole rings is 1. The van der Waals surface area contributed by atoms with Crippen molar-refractivity contribution in [3.63, 3.8) is 0 Å². The second-order valence-corrected chi connectivity index (χ2v) is 7.00. The number of halogens is 1. The Morgan fingerprint density at radius 2 is 2.00 bits per heavy atom. The second-order valence-electron chi connectivity index (χ2n) is 5.68. The average Bonchev–Trinajstić information content (AvgIpc) is 3.03. The number of aromatic nitrogens is 1. The first-order valence-corrected chi connectivity index (χ1v) is 8.93. The zero-order valence-corrected chi connectivity index (χ0v) is 18.4. The van der Waals surface area contributed by atoms with Crippen molar-refractivity contribution < 1.29 is 4.74 Å². The van der Waals surface area contributed by atoms with Gasteiger partial charge in [0.15, 0.2) is 5.96 Å². The average molecular weight is 474 g/mol. The summed E-state index contributed by atoms with van der Waals surface area (Å²) in [4.78, 5) is 9.83. The molecule has 0 saturated carbocycles. The Hall–Kier alpha value is -1.35. The first-order chi connectivity index (χ1) is 11.6. The van der Waals surface area contributed by atoms with Crippen molar-refractivity contribution in [3.05, 3.63) is 45.9 Å². The van der Waals surface area contributed by atoms with Gasteiger partial charge in [0.25, 0.3) is 0 Å². The lowest BCUT2D eigenvalue weighted by atomic mass is 9.98. The summed E-state index contributed by atoms with van der Waals surface area (Å²) in [6.07, 6.45) is 2.93. The smallest absolute Gasteiger partial charge is 0.191 e. The zero-order valence-electron chi connectivity index (χ0n) is 15.2. The lowest BCUT2D eigenvalue weighted by Crippen LogP contribution is -2.37. The molecule has 1 aromatic carbocycles. The molecule has 1 aromatic heterocycles. The summed E-state index contributed by atoms with van der Waals surface area (Å²) >= 11 is 1.70. The molecule has 1 atom stereocenters. The number of benzene rings is 1. The molecule has 0 amide bonds. The van der Waals surface area contributed by atoms with E-state index in [1.807, 2.05) is 18.3 Å². The molecule has 0 spiro atoms. The lowest BCUT2D eigenvalue weighted by Gasteiger charge is -2.15. The number of guanidine groups is 1. The molecular formula is C18H27IN4OS. The van der Waals surface area contributed by atoms with Crippen LogP contribution in [0.2, 0.25) is 0 Å². The van der Waals surface area contributed by atoms with E-state index in [1.165, 1.54) is 10.4 Å². The first kappa shape index (κ1) is 21.7. The number of aliphatic imine (C=N–C) groups is 1. The Labute approximate surface area is 171 Å². The van der Waals surface area contributed by atoms with Crippen LogP contribution in [0.5, 0.6) is 5.75 Å². The summed E-state index contributed by atoms with van der Waals surface area (Å²) in [7, 11) is 3.48. The van der Waals surface area contributed by atoms with Crippen molar-refractivity contribution in [3.8, 4) is 5.75 Å². The lowest BCUT2D eigenvalue weighted by molar-refractivity contribution is 0.414. The topological polar surface area (TPSA) is 58.5 Å². The Balaban J connectivity index is 0.00000312. The van der Waals surface area contributed by atoms with E-state index in [2.05, 4.69) is 46.6 Å². The molecular weight excluding hydrogens is 447 g/mol. The fourth-order valence-corrected chi connectivity index (χ4v) is 3.10. The van der Waals surface area contributed by atoms with E-state index < -0.39 is 0 Å². The summed E-state index contributed by atoms with van der Waals surface area (Å²) in [5.74, 6) is 2.18. The maximum Gasteiger partial charge on any atom is 0.191 e. The number of nitrogens with zero attached hydrogens (tertiary/aromatic N) is 2. The van der Waals surface area contributed by atoms with Crippen LogP contribution in [0.1, 0.15) is 34.7 Å². The van der Waals surface area contributed by atoms with Gasteiger partial charge in [-0.05, 0) is 37.0 Å². The number of rotatable bonds is 7. The van der Waals surface area contributed by atoms with Crippen LogP contribution in [0, 0.1) is 6.92 Å². The van der Waals surface area contributed by atoms with Crippen LogP contribution in [0.3, 0.4) is 0 Å². The largest absolute Gasteiger partial charge is 0.497 e. The maximum atomic E-state index is 5.20. The van der Waals surface area contributed by atoms with Gasteiger partial charge in [-0.25, -0.2) is 4.98 Å². The predicted octanol–water partition coefficient (Wildman–Crippen LogP) is 3.94. The van der Waals surface area contributed by atoms with Crippen LogP contribution in [0.4, 0.5) is 0 Å². The van der Waals surface area contributed by atoms with Gasteiger partial charge in [-0.1, -0.05) is 19.1 Å². The molecule has 0 aliphatic carbocycles. The van der Waals surface area contributed by atoms with Crippen molar-refractivity contribution in [1.29, 1.82) is 0 Å². The van der Waals surface area contributed by atoms with E-state index in [9.17, 15) is 0 Å². The highest BCUT2D eigenvalue weighted by Gasteiger charge is 2.07. The van der Waals surface area contributed by atoms with Gasteiger partial charge in [0.05, 0.1) is 13.7 Å². The van der Waals surface area contributed by atoms with Crippen molar-refractivity contribution in [2.45, 2.75) is 32.7 Å². The monoisotopic (exact) mass is 474 g/mol. The van der Waals surface area contributed by atoms with Gasteiger partial charge in [-0.3, -0.25) is 4.99 Å². The molecule has 0 fully saturated rings. The number of hydrogen-bond acceptors (Lipinski definition) is 4. The van der Waals surface area contributed by atoms with Crippen LogP contribution in [0.15, 0.2) is 35.5 Å². The van der Waals surface area contributed by atoms with Crippen molar-refractivity contribution in [1.82, 2.24) is 15.6 Å². The molecule has 2 rings (SSSR count). The van der Waals surface area contributed by atoms with Crippen LogP contribution in [-0.4, -0.2) is 31.6 Å². The van der Waals surface area contributed by atoms with E-state index >= 15 is 0 Å². The molecule has 1 heterocycles. The minimum absolute atomic E-state index is 0. The molecule has 138 valence electrons. The third-order valence-corrected chi connectivity index (χ3v) is 4.77. The van der Waals surface area contributed by atoms with E-state index in [1.54, 1.807) is 25.5 Å². The van der Waals surface area contributed by atoms with Gasteiger partial charge < -0.3 is 15.4 Å². The van der Waals surface area contributed by atoms with E-state index in [4.69, 9.17) is 4.74 Å². The van der Waals surface area contributed by atoms with E-state index in [0.717, 1.165) is 29.7 Å². The van der Waals surface area contributed by atoms with E-state index in [-0.39, 0.29) is 24.0 Å². The molecule has 0 saturated heterocycles. The third kappa shape index (κ3) is 7.19. The van der Waals surface area contributed by atoms with Crippen LogP contribution in [-0.2, 0) is 6.54 Å². The van der Waals surface area contributed by atoms with Crippen molar-refractivity contribution >= 4 is 41.3 Å². The second kappa shape index (κ2) is 11.3. The van der Waals surface area contributed by atoms with E-state index in [0.29, 0.717) is 12.5 Å². The Bertz CT molecular complexity index is 657. The Morgan fingerprint density at radius 3 is 2.56 bits per heavy atom. The third-order valence-electron chi connectivity index (χ3n) is 3.85. The summed E-state index contributed by atoms with van der Waals surface area (Å²) in [5.41, 5.74) is 1.32. The molecule has 2 N–H and O–H groups in total. The molecule has 25 heavy (non-hydrogen) atoms. The zero-order chi connectivity index (χ0) is 17.4. The van der Waals surface area contributed by atoms with Crippen LogP contribution in [0.25, 0.3) is 0 Å². The highest BCUT2D eigenvalue weighted by atomic mass is 127. The van der Waals surface area contributed by atoms with Gasteiger partial charge in [-0.2, -0.15) is 0 Å². The minimum Gasteiger partial charge on any atom is -0.497 e. The Kier molecular flexibility index (Phi) is 9.81. The van der Waals surface area contributed by atoms with Crippen molar-refractivity contribution in [2.75, 3.05) is 20.7 Å². The number of aryl methyl sites for hydroxylation is 1. The number of ether oxygens (including phenoxy) is 1. The normalized spacial score (nSPS) is 12.2. The van der Waals surface area contributed by atoms with Crippen LogP contribution >= 0.6 is 35.3 Å². The summed E-state index contributed by atoms with van der Waals surface area (Å²) in [6, 6.07) is 8.27. The summed E-state index contributed by atoms with van der Waals surface area (Å²) < 4.78 is 5.20. The van der Waals surface area contributed by atoms with Crippen molar-refractivity contribution in [2.24, 2.45) is 4.99 Å². The van der Waals surface area contributed by atoms with Gasteiger partial charge >= 0.3 is 0 Å². The van der Waals surface area contributed by atoms with Gasteiger partial charge in [0, 0.05) is 24.7 Å². The molecule has 0 aliphatic rings. The highest BCUT2D eigenvalue weighted by Crippen LogP contribution is 2.21. The fraction of sp³-hybridized carbons (Fsp3) is 0.444. The molecule has 7 heteroatoms. The number of nitrogens with one attached hydrogen (secondary N) is 2. The highest BCUT2D eigenvalue weighted by molar-refractivity contribution is 14.0. The first-order valence-electron chi connectivity index (χ1n) is 8.12. The molecule has 0 bridgehead atoms. The minimum atomic E-state index is 0. The molecule has 0 aliphatic heterocycles. The van der Waals surface area contributed by atoms with Gasteiger partial charge in [-0.15, -0.1) is 35.3 Å². The summed E-state index contributed by atoms with van der Waals surface area (Å²) in [5, 5.41) is 7.73. The number of hydrogen-bond donors (Lipinski definition) is 2. The van der Waals surface area contributed by atoms with Gasteiger partial charge in [0.2, 0.25) is 0 Å². The summed E-state index contributed by atoms with van der Waals surface area (Å²) in [6.45, 7) is 5.86. The molecule has 5 nitrogen and oxygen atoms in total. The van der Waals surface area contributed by atoms with Gasteiger partial charge in [0.1, 0.15) is 10.8 Å². The predicted molar refractivity (Wildman–Crippen MR) is 116 cm³/mol. The number of methoxy groups -OCH3 is 1. The van der Waals surface area contributed by atoms with Crippen LogP contribution < -0.4 is 15.4 Å². The molecule has 2 aromatic rings. The standard InChI is InChI=1S/C18H26N4OS.HI/c1-13(15-5-7-16(23-4)8-6-15)9-10-20-18(19-3)22-12-17-21-11-14(2)24-17;/h5-8,11,13H,9-10,12H2,1-4H3,(H2,19,20,22);1H.